The van der Waals surface area contributed by atoms with Crippen molar-refractivity contribution in [1.82, 2.24) is 0 Å². The van der Waals surface area contributed by atoms with Crippen molar-refractivity contribution in [3.63, 3.8) is 0 Å². The molecule has 0 saturated carbocycles. The first kappa shape index (κ1) is 14.6. The van der Waals surface area contributed by atoms with Gasteiger partial charge in [0.15, 0.2) is 0 Å². The van der Waals surface area contributed by atoms with Crippen LogP contribution in [0.25, 0.3) is 10.8 Å². The van der Waals surface area contributed by atoms with Gasteiger partial charge >= 0.3 is 0 Å². The lowest BCUT2D eigenvalue weighted by atomic mass is 9.96. The molecule has 0 heterocycles. The Morgan fingerprint density at radius 2 is 1.57 bits per heavy atom. The Labute approximate surface area is 137 Å². The fourth-order valence-corrected chi connectivity index (χ4v) is 3.02. The van der Waals surface area contributed by atoms with Gasteiger partial charge in [0.05, 0.1) is 6.10 Å². The lowest BCUT2D eigenvalue weighted by Gasteiger charge is -2.15. The van der Waals surface area contributed by atoms with Crippen molar-refractivity contribution < 1.29 is 5.11 Å². The minimum absolute atomic E-state index is 0.548. The summed E-state index contributed by atoms with van der Waals surface area (Å²) in [6.45, 7) is 0. The average molecular weight is 362 g/mol. The Kier molecular flexibility index (Phi) is 4.29. The number of rotatable bonds is 3. The van der Waals surface area contributed by atoms with Gasteiger partial charge in [0.25, 0.3) is 0 Å². The normalized spacial score (nSPS) is 12.5. The van der Waals surface area contributed by atoms with E-state index in [4.69, 9.17) is 11.6 Å². The second-order valence-electron chi connectivity index (χ2n) is 5.03. The number of benzene rings is 3. The van der Waals surface area contributed by atoms with Gasteiger partial charge in [0.2, 0.25) is 0 Å². The highest BCUT2D eigenvalue weighted by atomic mass is 79.9. The molecule has 3 aromatic rings. The fourth-order valence-electron chi connectivity index (χ4n) is 2.53. The van der Waals surface area contributed by atoms with E-state index in [0.717, 1.165) is 26.4 Å². The van der Waals surface area contributed by atoms with E-state index < -0.39 is 6.10 Å². The van der Waals surface area contributed by atoms with Crippen LogP contribution in [0.1, 0.15) is 17.2 Å². The van der Waals surface area contributed by atoms with E-state index in [1.807, 2.05) is 60.7 Å². The van der Waals surface area contributed by atoms with E-state index in [1.54, 1.807) is 0 Å². The maximum absolute atomic E-state index is 10.6. The summed E-state index contributed by atoms with van der Waals surface area (Å²) in [4.78, 5) is 0. The Hall–Kier alpha value is -1.35. The minimum Gasteiger partial charge on any atom is -0.388 e. The number of aliphatic hydroxyl groups is 1. The summed E-state index contributed by atoms with van der Waals surface area (Å²) in [6.07, 6.45) is 0.0344. The average Bonchev–Trinajstić information content (AvgIpc) is 2.50. The van der Waals surface area contributed by atoms with Crippen LogP contribution in [-0.2, 0) is 6.42 Å². The van der Waals surface area contributed by atoms with Gasteiger partial charge in [-0.15, -0.1) is 0 Å². The van der Waals surface area contributed by atoms with Crippen LogP contribution in [0.2, 0.25) is 5.02 Å². The number of aliphatic hydroxyl groups excluding tert-OH is 1. The van der Waals surface area contributed by atoms with Gasteiger partial charge in [-0.2, -0.15) is 0 Å². The molecule has 0 aliphatic rings. The molecule has 106 valence electrons. The lowest BCUT2D eigenvalue weighted by Crippen LogP contribution is -2.02. The molecule has 1 nitrogen and oxygen atoms in total. The van der Waals surface area contributed by atoms with E-state index >= 15 is 0 Å². The molecule has 0 radical (unpaired) electrons. The molecule has 0 aliphatic carbocycles. The number of hydrogen-bond donors (Lipinski definition) is 1. The Bertz CT molecular complexity index is 768. The predicted molar refractivity (Wildman–Crippen MR) is 91.8 cm³/mol. The molecule has 0 spiro atoms. The van der Waals surface area contributed by atoms with Crippen LogP contribution in [0.15, 0.2) is 65.1 Å². The van der Waals surface area contributed by atoms with Crippen LogP contribution in [0.5, 0.6) is 0 Å². The van der Waals surface area contributed by atoms with Crippen LogP contribution in [0.4, 0.5) is 0 Å². The van der Waals surface area contributed by atoms with Crippen molar-refractivity contribution in [3.05, 3.63) is 81.3 Å². The molecule has 1 atom stereocenters. The van der Waals surface area contributed by atoms with E-state index in [2.05, 4.69) is 15.9 Å². The summed E-state index contributed by atoms with van der Waals surface area (Å²) in [5.41, 5.74) is 2.02. The molecule has 21 heavy (non-hydrogen) atoms. The van der Waals surface area contributed by atoms with Crippen LogP contribution in [0, 0.1) is 0 Å². The summed E-state index contributed by atoms with van der Waals surface area (Å²) in [5.74, 6) is 0. The Morgan fingerprint density at radius 3 is 2.29 bits per heavy atom. The van der Waals surface area contributed by atoms with Crippen molar-refractivity contribution in [2.75, 3.05) is 0 Å². The minimum atomic E-state index is -0.548. The van der Waals surface area contributed by atoms with Gasteiger partial charge < -0.3 is 5.11 Å². The fraction of sp³-hybridized carbons (Fsp3) is 0.111. The third-order valence-corrected chi connectivity index (χ3v) is 4.46. The topological polar surface area (TPSA) is 20.2 Å². The highest BCUT2D eigenvalue weighted by molar-refractivity contribution is 9.10. The van der Waals surface area contributed by atoms with Crippen LogP contribution >= 0.6 is 27.5 Å². The van der Waals surface area contributed by atoms with E-state index in [9.17, 15) is 5.11 Å². The molecular weight excluding hydrogens is 348 g/mol. The molecule has 0 fully saturated rings. The van der Waals surface area contributed by atoms with E-state index in [0.29, 0.717) is 11.4 Å². The monoisotopic (exact) mass is 360 g/mol. The van der Waals surface area contributed by atoms with Gasteiger partial charge in [-0.05, 0) is 34.7 Å². The predicted octanol–water partition coefficient (Wildman–Crippen LogP) is 5.53. The summed E-state index contributed by atoms with van der Waals surface area (Å²) in [7, 11) is 0. The first-order valence-electron chi connectivity index (χ1n) is 6.75. The van der Waals surface area contributed by atoms with Crippen molar-refractivity contribution >= 4 is 38.3 Å². The highest BCUT2D eigenvalue weighted by Gasteiger charge is 2.13. The molecule has 0 amide bonds. The first-order valence-corrected chi connectivity index (χ1v) is 7.92. The smallest absolute Gasteiger partial charge is 0.0836 e. The maximum Gasteiger partial charge on any atom is 0.0836 e. The van der Waals surface area contributed by atoms with Crippen LogP contribution in [0.3, 0.4) is 0 Å². The van der Waals surface area contributed by atoms with Crippen molar-refractivity contribution in [3.8, 4) is 0 Å². The van der Waals surface area contributed by atoms with Gasteiger partial charge in [-0.25, -0.2) is 0 Å². The number of hydrogen-bond acceptors (Lipinski definition) is 1. The molecule has 3 aromatic carbocycles. The van der Waals surface area contributed by atoms with Crippen molar-refractivity contribution in [2.24, 2.45) is 0 Å². The van der Waals surface area contributed by atoms with E-state index in [1.165, 1.54) is 0 Å². The second-order valence-corrected chi connectivity index (χ2v) is 6.35. The summed E-state index contributed by atoms with van der Waals surface area (Å²) in [5, 5.41) is 13.3. The molecule has 0 aliphatic heterocycles. The molecule has 3 heteroatoms. The zero-order valence-corrected chi connectivity index (χ0v) is 13.6. The van der Waals surface area contributed by atoms with E-state index in [-0.39, 0.29) is 0 Å². The third-order valence-electron chi connectivity index (χ3n) is 3.61. The van der Waals surface area contributed by atoms with Crippen molar-refractivity contribution in [2.45, 2.75) is 12.5 Å². The quantitative estimate of drug-likeness (QED) is 0.650. The van der Waals surface area contributed by atoms with Crippen LogP contribution < -0.4 is 0 Å². The molecule has 0 aromatic heterocycles. The highest BCUT2D eigenvalue weighted by Crippen LogP contribution is 2.31. The molecule has 1 unspecified atom stereocenters. The van der Waals surface area contributed by atoms with Gasteiger partial charge in [0, 0.05) is 21.3 Å². The van der Waals surface area contributed by atoms with Crippen molar-refractivity contribution in [1.29, 1.82) is 0 Å². The number of halogens is 2. The standard InChI is InChI=1S/C18H14BrClO/c19-13-7-5-12(6-8-13)11-18(21)16-9-10-17(20)15-4-2-1-3-14(15)16/h1-10,18,21H,11H2. The molecule has 1 N–H and O–H groups in total. The molecular formula is C18H14BrClO. The molecule has 0 saturated heterocycles. The van der Waals surface area contributed by atoms with Gasteiger partial charge in [-0.3, -0.25) is 0 Å². The second kappa shape index (κ2) is 6.18. The zero-order valence-electron chi connectivity index (χ0n) is 11.3. The van der Waals surface area contributed by atoms with Crippen LogP contribution in [-0.4, -0.2) is 5.11 Å². The summed E-state index contributed by atoms with van der Waals surface area (Å²) < 4.78 is 1.04. The van der Waals surface area contributed by atoms with Gasteiger partial charge in [-0.1, -0.05) is 70.0 Å². The lowest BCUT2D eigenvalue weighted by molar-refractivity contribution is 0.180. The molecule has 3 rings (SSSR count). The molecule has 0 bridgehead atoms. The number of fused-ring (bicyclic) bond motifs is 1. The summed E-state index contributed by atoms with van der Waals surface area (Å²) in [6, 6.07) is 19.7. The Balaban J connectivity index is 1.96. The zero-order chi connectivity index (χ0) is 14.8. The van der Waals surface area contributed by atoms with Gasteiger partial charge in [0.1, 0.15) is 0 Å². The largest absolute Gasteiger partial charge is 0.388 e. The Morgan fingerprint density at radius 1 is 0.905 bits per heavy atom. The SMILES string of the molecule is OC(Cc1ccc(Br)cc1)c1ccc(Cl)c2ccccc12. The maximum atomic E-state index is 10.6. The third kappa shape index (κ3) is 3.13. The first-order chi connectivity index (χ1) is 10.1. The summed E-state index contributed by atoms with van der Waals surface area (Å²) >= 11 is 9.64.